The lowest BCUT2D eigenvalue weighted by molar-refractivity contribution is -0.978. The normalized spacial score (nSPS) is 47.9. The highest BCUT2D eigenvalue weighted by Gasteiger charge is 2.67. The van der Waals surface area contributed by atoms with Crippen LogP contribution >= 0.6 is 0 Å². The van der Waals surface area contributed by atoms with Gasteiger partial charge in [-0.25, -0.2) is 0 Å². The molecular weight excluding hydrogens is 528 g/mol. The third-order valence-corrected chi connectivity index (χ3v) is 14.6. The molecule has 7 aliphatic rings. The van der Waals surface area contributed by atoms with E-state index in [1.165, 1.54) is 88.7 Å². The standard InChI is InChI=1S/C35H57N2O5/c1-5-20-37(21-6-7-22-37)34(36-18-16-35(17-19-36)40-23-31(42-35)41-25(2)38)15-12-26-8-9-27-28-10-11-30(39)32(28,3)14-13-29(27)33(26,4)24-34/h5,26-31,39H,1,6-24H2,2-4H3/q+1/t26?,27-,28-,29+,30?,31?,32-,33-,34?/m0/s1. The molecule has 4 saturated carbocycles. The molecule has 7 heteroatoms. The van der Waals surface area contributed by atoms with Gasteiger partial charge in [0.05, 0.1) is 25.7 Å². The zero-order valence-electron chi connectivity index (χ0n) is 26.7. The average Bonchev–Trinajstić information content (AvgIpc) is 3.67. The number of hydrogen-bond acceptors (Lipinski definition) is 6. The second-order valence-corrected chi connectivity index (χ2v) is 16.1. The molecule has 7 nitrogen and oxygen atoms in total. The van der Waals surface area contributed by atoms with Crippen molar-refractivity contribution in [2.24, 2.45) is 34.5 Å². The van der Waals surface area contributed by atoms with Crippen molar-refractivity contribution in [1.82, 2.24) is 4.90 Å². The number of fused-ring (bicyclic) bond motifs is 5. The Morgan fingerprint density at radius 2 is 1.74 bits per heavy atom. The summed E-state index contributed by atoms with van der Waals surface area (Å²) in [6.45, 7) is 16.7. The van der Waals surface area contributed by atoms with Gasteiger partial charge < -0.3 is 23.8 Å². The Kier molecular flexibility index (Phi) is 7.45. The lowest BCUT2D eigenvalue weighted by atomic mass is 9.44. The van der Waals surface area contributed by atoms with E-state index in [9.17, 15) is 9.90 Å². The van der Waals surface area contributed by atoms with Gasteiger partial charge in [-0.05, 0) is 85.5 Å². The molecule has 7 rings (SSSR count). The molecule has 3 heterocycles. The average molecular weight is 586 g/mol. The van der Waals surface area contributed by atoms with E-state index >= 15 is 0 Å². The highest BCUT2D eigenvalue weighted by Crippen LogP contribution is 2.68. The lowest BCUT2D eigenvalue weighted by Gasteiger charge is -2.67. The minimum Gasteiger partial charge on any atom is -0.433 e. The highest BCUT2D eigenvalue weighted by atomic mass is 16.8. The number of esters is 1. The fourth-order valence-electron chi connectivity index (χ4n) is 12.6. The predicted octanol–water partition coefficient (Wildman–Crippen LogP) is 5.61. The molecule has 1 N–H and O–H groups in total. The van der Waals surface area contributed by atoms with Gasteiger partial charge in [0.1, 0.15) is 6.61 Å². The van der Waals surface area contributed by atoms with Crippen LogP contribution in [0.2, 0.25) is 0 Å². The number of nitrogens with zero attached hydrogens (tertiary/aromatic N) is 2. The van der Waals surface area contributed by atoms with E-state index in [1.54, 1.807) is 0 Å². The summed E-state index contributed by atoms with van der Waals surface area (Å²) < 4.78 is 19.0. The maximum atomic E-state index is 11.6. The first-order valence-electron chi connectivity index (χ1n) is 17.5. The minimum atomic E-state index is -0.625. The van der Waals surface area contributed by atoms with E-state index in [0.717, 1.165) is 56.7 Å². The van der Waals surface area contributed by atoms with Crippen LogP contribution in [0.25, 0.3) is 0 Å². The van der Waals surface area contributed by atoms with Gasteiger partial charge in [-0.2, -0.15) is 0 Å². The Bertz CT molecular complexity index is 1050. The van der Waals surface area contributed by atoms with Crippen molar-refractivity contribution in [1.29, 1.82) is 0 Å². The van der Waals surface area contributed by atoms with Gasteiger partial charge >= 0.3 is 5.97 Å². The van der Waals surface area contributed by atoms with Crippen molar-refractivity contribution in [3.05, 3.63) is 12.7 Å². The van der Waals surface area contributed by atoms with Crippen LogP contribution in [-0.2, 0) is 19.0 Å². The quantitative estimate of drug-likeness (QED) is 0.257. The molecule has 7 fully saturated rings. The van der Waals surface area contributed by atoms with Crippen LogP contribution in [0, 0.1) is 34.5 Å². The van der Waals surface area contributed by atoms with Gasteiger partial charge in [-0.3, -0.25) is 9.69 Å². The van der Waals surface area contributed by atoms with Gasteiger partial charge in [-0.1, -0.05) is 20.4 Å². The van der Waals surface area contributed by atoms with E-state index < -0.39 is 12.1 Å². The number of carbonyl (C=O) groups excluding carboxylic acids is 1. The van der Waals surface area contributed by atoms with E-state index in [4.69, 9.17) is 14.2 Å². The molecule has 3 saturated heterocycles. The molecule has 0 aromatic heterocycles. The second kappa shape index (κ2) is 10.5. The fraction of sp³-hybridized carbons (Fsp3) is 0.914. The molecule has 0 amide bonds. The molecule has 4 unspecified atom stereocenters. The van der Waals surface area contributed by atoms with Crippen LogP contribution in [0.4, 0.5) is 0 Å². The molecular formula is C35H57N2O5+. The van der Waals surface area contributed by atoms with E-state index in [0.29, 0.717) is 17.9 Å². The Hall–Kier alpha value is -0.990. The van der Waals surface area contributed by atoms with Gasteiger partial charge in [0.2, 0.25) is 6.29 Å². The monoisotopic (exact) mass is 585 g/mol. The summed E-state index contributed by atoms with van der Waals surface area (Å²) in [5, 5.41) is 11.0. The molecule has 42 heavy (non-hydrogen) atoms. The molecule has 0 radical (unpaired) electrons. The van der Waals surface area contributed by atoms with E-state index in [2.05, 4.69) is 31.4 Å². The topological polar surface area (TPSA) is 68.2 Å². The maximum absolute atomic E-state index is 11.6. The first-order chi connectivity index (χ1) is 20.1. The Labute approximate surface area is 253 Å². The van der Waals surface area contributed by atoms with Crippen molar-refractivity contribution < 1.29 is 28.6 Å². The molecule has 236 valence electrons. The van der Waals surface area contributed by atoms with Crippen molar-refractivity contribution in [2.45, 2.75) is 128 Å². The molecule has 1 spiro atoms. The summed E-state index contributed by atoms with van der Waals surface area (Å²) in [4.78, 5) is 14.5. The largest absolute Gasteiger partial charge is 0.433 e. The van der Waals surface area contributed by atoms with Gasteiger partial charge in [0, 0.05) is 58.5 Å². The lowest BCUT2D eigenvalue weighted by Crippen LogP contribution is -2.75. The van der Waals surface area contributed by atoms with Crippen molar-refractivity contribution in [3.8, 4) is 0 Å². The van der Waals surface area contributed by atoms with Crippen LogP contribution in [0.5, 0.6) is 0 Å². The number of aliphatic hydroxyl groups is 1. The molecule has 9 atom stereocenters. The predicted molar refractivity (Wildman–Crippen MR) is 161 cm³/mol. The summed E-state index contributed by atoms with van der Waals surface area (Å²) in [6.07, 6.45) is 17.2. The van der Waals surface area contributed by atoms with Gasteiger partial charge in [0.15, 0.2) is 11.4 Å². The van der Waals surface area contributed by atoms with Crippen molar-refractivity contribution >= 4 is 5.97 Å². The number of rotatable bonds is 5. The number of piperidine rings is 1. The van der Waals surface area contributed by atoms with Crippen molar-refractivity contribution in [2.75, 3.05) is 39.3 Å². The van der Waals surface area contributed by atoms with Crippen molar-refractivity contribution in [3.63, 3.8) is 0 Å². The summed E-state index contributed by atoms with van der Waals surface area (Å²) in [5.74, 6) is 2.12. The first kappa shape index (κ1) is 29.7. The van der Waals surface area contributed by atoms with Gasteiger partial charge in [0.25, 0.3) is 0 Å². The number of hydrogen-bond donors (Lipinski definition) is 1. The third-order valence-electron chi connectivity index (χ3n) is 14.6. The second-order valence-electron chi connectivity index (χ2n) is 16.1. The number of aliphatic hydroxyl groups excluding tert-OH is 1. The number of ether oxygens (including phenoxy) is 3. The Balaban J connectivity index is 1.19. The molecule has 0 bridgehead atoms. The first-order valence-corrected chi connectivity index (χ1v) is 17.5. The zero-order valence-corrected chi connectivity index (χ0v) is 26.7. The molecule has 4 aliphatic carbocycles. The Morgan fingerprint density at radius 3 is 2.45 bits per heavy atom. The molecule has 0 aromatic carbocycles. The van der Waals surface area contributed by atoms with Crippen LogP contribution in [0.1, 0.15) is 104 Å². The minimum absolute atomic E-state index is 0.105. The molecule has 0 aromatic rings. The zero-order chi connectivity index (χ0) is 29.4. The third kappa shape index (κ3) is 4.34. The number of carbonyl (C=O) groups is 1. The van der Waals surface area contributed by atoms with Crippen LogP contribution in [0.15, 0.2) is 12.7 Å². The number of quaternary nitrogens is 1. The van der Waals surface area contributed by atoms with E-state index in [-0.39, 0.29) is 23.2 Å². The maximum Gasteiger partial charge on any atom is 0.305 e. The summed E-state index contributed by atoms with van der Waals surface area (Å²) >= 11 is 0. The smallest absolute Gasteiger partial charge is 0.305 e. The summed E-state index contributed by atoms with van der Waals surface area (Å²) in [7, 11) is 0. The van der Waals surface area contributed by atoms with E-state index in [1.807, 2.05) is 0 Å². The summed E-state index contributed by atoms with van der Waals surface area (Å²) in [6, 6.07) is 0. The summed E-state index contributed by atoms with van der Waals surface area (Å²) in [5.41, 5.74) is 0.582. The van der Waals surface area contributed by atoms with Gasteiger partial charge in [-0.15, -0.1) is 0 Å². The Morgan fingerprint density at radius 1 is 1.00 bits per heavy atom. The highest BCUT2D eigenvalue weighted by molar-refractivity contribution is 5.66. The van der Waals surface area contributed by atoms with Crippen LogP contribution < -0.4 is 0 Å². The SMILES string of the molecule is C=CC[N+]1(C2(N3CCC4(CC3)OCC(OC(C)=O)O4)CCC3CC[C@@H]4[C@@H](CC[C@]5(C)C(O)CC[C@@H]45)[C@@]3(C)C2)CCCC1. The van der Waals surface area contributed by atoms with Crippen LogP contribution in [-0.4, -0.2) is 83.6 Å². The fourth-order valence-corrected chi connectivity index (χ4v) is 12.6. The molecule has 3 aliphatic heterocycles. The number of likely N-dealkylation sites (tertiary alicyclic amines) is 2. The van der Waals surface area contributed by atoms with Crippen LogP contribution in [0.3, 0.4) is 0 Å².